The first-order chi connectivity index (χ1) is 10.6. The molecule has 22 heavy (non-hydrogen) atoms. The van der Waals surface area contributed by atoms with Crippen molar-refractivity contribution < 1.29 is 9.66 Å². The van der Waals surface area contributed by atoms with Gasteiger partial charge in [0.25, 0.3) is 5.69 Å². The summed E-state index contributed by atoms with van der Waals surface area (Å²) in [7, 11) is 0. The number of non-ortho nitro benzene ring substituents is 1. The second-order valence-electron chi connectivity index (χ2n) is 4.42. The minimum Gasteiger partial charge on any atom is -0.453 e. The first-order valence-corrected chi connectivity index (χ1v) is 6.97. The third kappa shape index (κ3) is 2.68. The molecule has 0 aliphatic carbocycles. The number of aromatic nitrogens is 1. The molecule has 1 aromatic heterocycles. The summed E-state index contributed by atoms with van der Waals surface area (Å²) in [4.78, 5) is 14.8. The summed E-state index contributed by atoms with van der Waals surface area (Å²) in [5.74, 6) is 0.723. The van der Waals surface area contributed by atoms with E-state index in [4.69, 9.17) is 27.9 Å². The van der Waals surface area contributed by atoms with Crippen LogP contribution in [0.4, 0.5) is 5.69 Å². The SMILES string of the molecule is O=[N+]([O-])c1ccc(Oc2cc(Cl)ccc2Cl)c2ncccc12. The van der Waals surface area contributed by atoms with Gasteiger partial charge in [0.2, 0.25) is 0 Å². The molecule has 0 spiro atoms. The fourth-order valence-electron chi connectivity index (χ4n) is 2.05. The van der Waals surface area contributed by atoms with Crippen LogP contribution >= 0.6 is 23.2 Å². The summed E-state index contributed by atoms with van der Waals surface area (Å²) in [6, 6.07) is 10.9. The standard InChI is InChI=1S/C15H8Cl2N2O3/c16-9-3-4-11(17)14(8-9)22-13-6-5-12(19(20)21)10-2-1-7-18-15(10)13/h1-8H. The second-order valence-corrected chi connectivity index (χ2v) is 5.26. The van der Waals surface area contributed by atoms with Crippen molar-refractivity contribution in [2.75, 3.05) is 0 Å². The molecule has 0 saturated carbocycles. The Morgan fingerprint density at radius 3 is 2.68 bits per heavy atom. The summed E-state index contributed by atoms with van der Waals surface area (Å²) >= 11 is 12.0. The number of fused-ring (bicyclic) bond motifs is 1. The third-order valence-electron chi connectivity index (χ3n) is 3.02. The molecule has 5 nitrogen and oxygen atoms in total. The summed E-state index contributed by atoms with van der Waals surface area (Å²) in [6.07, 6.45) is 1.54. The number of nitrogens with zero attached hydrogens (tertiary/aromatic N) is 2. The van der Waals surface area contributed by atoms with Crippen LogP contribution in [0.1, 0.15) is 0 Å². The van der Waals surface area contributed by atoms with Gasteiger partial charge in [-0.25, -0.2) is 0 Å². The van der Waals surface area contributed by atoms with Gasteiger partial charge in [-0.15, -0.1) is 0 Å². The lowest BCUT2D eigenvalue weighted by molar-refractivity contribution is -0.383. The molecular weight excluding hydrogens is 327 g/mol. The molecule has 0 atom stereocenters. The molecule has 3 aromatic rings. The normalized spacial score (nSPS) is 10.6. The summed E-state index contributed by atoms with van der Waals surface area (Å²) < 4.78 is 5.74. The fraction of sp³-hybridized carbons (Fsp3) is 0. The molecule has 3 rings (SSSR count). The highest BCUT2D eigenvalue weighted by Crippen LogP contribution is 2.37. The quantitative estimate of drug-likeness (QED) is 0.485. The van der Waals surface area contributed by atoms with Crippen LogP contribution in [0.2, 0.25) is 10.0 Å². The van der Waals surface area contributed by atoms with Crippen LogP contribution in [0.5, 0.6) is 11.5 Å². The van der Waals surface area contributed by atoms with Crippen molar-refractivity contribution >= 4 is 39.8 Å². The zero-order valence-corrected chi connectivity index (χ0v) is 12.5. The average Bonchev–Trinajstić information content (AvgIpc) is 2.51. The van der Waals surface area contributed by atoms with E-state index < -0.39 is 4.92 Å². The minimum absolute atomic E-state index is 0.0346. The molecule has 1 heterocycles. The molecule has 0 N–H and O–H groups in total. The van der Waals surface area contributed by atoms with Gasteiger partial charge in [-0.1, -0.05) is 23.2 Å². The highest BCUT2D eigenvalue weighted by molar-refractivity contribution is 6.34. The Morgan fingerprint density at radius 2 is 1.91 bits per heavy atom. The fourth-order valence-corrected chi connectivity index (χ4v) is 2.37. The first kappa shape index (κ1) is 14.6. The third-order valence-corrected chi connectivity index (χ3v) is 3.57. The number of hydrogen-bond acceptors (Lipinski definition) is 4. The lowest BCUT2D eigenvalue weighted by atomic mass is 10.1. The Balaban J connectivity index is 2.14. The zero-order chi connectivity index (χ0) is 15.7. The number of nitro groups is 1. The largest absolute Gasteiger partial charge is 0.453 e. The van der Waals surface area contributed by atoms with Crippen LogP contribution in [0.25, 0.3) is 10.9 Å². The number of benzene rings is 2. The van der Waals surface area contributed by atoms with E-state index in [0.29, 0.717) is 32.4 Å². The number of halogens is 2. The Kier molecular flexibility index (Phi) is 3.83. The van der Waals surface area contributed by atoms with Gasteiger partial charge in [0, 0.05) is 23.4 Å². The first-order valence-electron chi connectivity index (χ1n) is 6.21. The van der Waals surface area contributed by atoms with E-state index in [1.807, 2.05) is 0 Å². The number of hydrogen-bond donors (Lipinski definition) is 0. The molecule has 0 bridgehead atoms. The topological polar surface area (TPSA) is 65.3 Å². The van der Waals surface area contributed by atoms with Gasteiger partial charge in [0.1, 0.15) is 11.3 Å². The van der Waals surface area contributed by atoms with Crippen molar-refractivity contribution in [3.8, 4) is 11.5 Å². The van der Waals surface area contributed by atoms with Gasteiger partial charge in [0.15, 0.2) is 5.75 Å². The van der Waals surface area contributed by atoms with Crippen LogP contribution < -0.4 is 4.74 Å². The lowest BCUT2D eigenvalue weighted by Crippen LogP contribution is -1.93. The van der Waals surface area contributed by atoms with Gasteiger partial charge < -0.3 is 4.74 Å². The Bertz CT molecular complexity index is 884. The number of pyridine rings is 1. The highest BCUT2D eigenvalue weighted by atomic mass is 35.5. The van der Waals surface area contributed by atoms with E-state index in [0.717, 1.165) is 0 Å². The summed E-state index contributed by atoms with van der Waals surface area (Å²) in [5, 5.41) is 12.3. The Labute approximate surface area is 135 Å². The van der Waals surface area contributed by atoms with Crippen LogP contribution in [0.3, 0.4) is 0 Å². The smallest absolute Gasteiger partial charge is 0.279 e. The van der Waals surface area contributed by atoms with Crippen molar-refractivity contribution in [3.63, 3.8) is 0 Å². The van der Waals surface area contributed by atoms with E-state index in [1.54, 1.807) is 36.5 Å². The molecule has 0 amide bonds. The van der Waals surface area contributed by atoms with Gasteiger partial charge in [-0.2, -0.15) is 0 Å². The van der Waals surface area contributed by atoms with Crippen molar-refractivity contribution in [2.45, 2.75) is 0 Å². The lowest BCUT2D eigenvalue weighted by Gasteiger charge is -2.10. The zero-order valence-electron chi connectivity index (χ0n) is 11.0. The number of nitro benzene ring substituents is 1. The minimum atomic E-state index is -0.458. The molecule has 0 unspecified atom stereocenters. The van der Waals surface area contributed by atoms with Crippen molar-refractivity contribution in [3.05, 3.63) is 68.8 Å². The van der Waals surface area contributed by atoms with Gasteiger partial charge in [-0.05, 0) is 30.3 Å². The van der Waals surface area contributed by atoms with Gasteiger partial charge >= 0.3 is 0 Å². The maximum Gasteiger partial charge on any atom is 0.279 e. The molecular formula is C15H8Cl2N2O3. The van der Waals surface area contributed by atoms with Crippen LogP contribution in [-0.4, -0.2) is 9.91 Å². The molecule has 0 saturated heterocycles. The Hall–Kier alpha value is -2.37. The van der Waals surface area contributed by atoms with Crippen LogP contribution in [-0.2, 0) is 0 Å². The molecule has 110 valence electrons. The van der Waals surface area contributed by atoms with Crippen LogP contribution in [0.15, 0.2) is 48.7 Å². The molecule has 0 aliphatic rings. The molecule has 0 fully saturated rings. The van der Waals surface area contributed by atoms with E-state index in [2.05, 4.69) is 4.98 Å². The maximum absolute atomic E-state index is 11.1. The van der Waals surface area contributed by atoms with Crippen molar-refractivity contribution in [2.24, 2.45) is 0 Å². The van der Waals surface area contributed by atoms with Crippen molar-refractivity contribution in [1.82, 2.24) is 4.98 Å². The number of ether oxygens (including phenoxy) is 1. The van der Waals surface area contributed by atoms with Gasteiger partial charge in [0.05, 0.1) is 15.3 Å². The summed E-state index contributed by atoms with van der Waals surface area (Å²) in [5.41, 5.74) is 0.348. The maximum atomic E-state index is 11.1. The highest BCUT2D eigenvalue weighted by Gasteiger charge is 2.16. The monoisotopic (exact) mass is 334 g/mol. The predicted molar refractivity (Wildman–Crippen MR) is 84.9 cm³/mol. The summed E-state index contributed by atoms with van der Waals surface area (Å²) in [6.45, 7) is 0. The van der Waals surface area contributed by atoms with E-state index >= 15 is 0 Å². The molecule has 0 radical (unpaired) electrons. The van der Waals surface area contributed by atoms with Gasteiger partial charge in [-0.3, -0.25) is 15.1 Å². The van der Waals surface area contributed by atoms with E-state index in [9.17, 15) is 10.1 Å². The van der Waals surface area contributed by atoms with Crippen LogP contribution in [0, 0.1) is 10.1 Å². The Morgan fingerprint density at radius 1 is 1.09 bits per heavy atom. The molecule has 7 heteroatoms. The van der Waals surface area contributed by atoms with E-state index in [-0.39, 0.29) is 5.69 Å². The molecule has 0 aliphatic heterocycles. The van der Waals surface area contributed by atoms with E-state index in [1.165, 1.54) is 12.1 Å². The predicted octanol–water partition coefficient (Wildman–Crippen LogP) is 5.24. The second kappa shape index (κ2) is 5.79. The average molecular weight is 335 g/mol. The van der Waals surface area contributed by atoms with Crippen molar-refractivity contribution in [1.29, 1.82) is 0 Å². The molecule has 2 aromatic carbocycles. The number of rotatable bonds is 3.